The Hall–Kier alpha value is -6.68. The molecule has 2 aliphatic rings. The molecule has 0 saturated heterocycles. The number of rotatable bonds is 4. The van der Waals surface area contributed by atoms with E-state index in [4.69, 9.17) is 4.42 Å². The van der Waals surface area contributed by atoms with Crippen LogP contribution in [0.2, 0.25) is 0 Å². The molecule has 0 N–H and O–H groups in total. The molecular weight excluding hydrogens is 675 g/mol. The van der Waals surface area contributed by atoms with Gasteiger partial charge in [-0.3, -0.25) is 0 Å². The molecule has 0 aliphatic heterocycles. The lowest BCUT2D eigenvalue weighted by Gasteiger charge is -2.30. The van der Waals surface area contributed by atoms with E-state index in [1.165, 1.54) is 75.6 Å². The van der Waals surface area contributed by atoms with E-state index in [2.05, 4.69) is 193 Å². The maximum atomic E-state index is 6.71. The van der Waals surface area contributed by atoms with Crippen molar-refractivity contribution in [3.05, 3.63) is 210 Å². The third kappa shape index (κ3) is 3.99. The van der Waals surface area contributed by atoms with Crippen molar-refractivity contribution in [3.63, 3.8) is 0 Å². The van der Waals surface area contributed by atoms with Crippen LogP contribution in [0, 0.1) is 0 Å². The van der Waals surface area contributed by atoms with E-state index < -0.39 is 5.41 Å². The summed E-state index contributed by atoms with van der Waals surface area (Å²) in [5.41, 5.74) is 15.2. The van der Waals surface area contributed by atoms with Crippen molar-refractivity contribution in [1.82, 2.24) is 0 Å². The lowest BCUT2D eigenvalue weighted by molar-refractivity contribution is 0.628. The summed E-state index contributed by atoms with van der Waals surface area (Å²) in [5, 5.41) is 3.80. The molecule has 2 aromatic heterocycles. The van der Waals surface area contributed by atoms with Gasteiger partial charge in [0.1, 0.15) is 11.3 Å². The van der Waals surface area contributed by atoms with Crippen molar-refractivity contribution in [1.29, 1.82) is 0 Å². The number of hydrogen-bond acceptors (Lipinski definition) is 3. The first-order valence-corrected chi connectivity index (χ1v) is 19.3. The Morgan fingerprint density at radius 1 is 0.407 bits per heavy atom. The van der Waals surface area contributed by atoms with Gasteiger partial charge in [-0.05, 0) is 93.5 Å². The molecule has 2 heterocycles. The summed E-state index contributed by atoms with van der Waals surface area (Å²) in [6.45, 7) is 0. The molecule has 8 aromatic carbocycles. The van der Waals surface area contributed by atoms with Crippen LogP contribution in [-0.4, -0.2) is 0 Å². The van der Waals surface area contributed by atoms with Gasteiger partial charge in [-0.1, -0.05) is 133 Å². The van der Waals surface area contributed by atoms with Crippen molar-refractivity contribution in [2.75, 3.05) is 4.90 Å². The number of thiophene rings is 1. The van der Waals surface area contributed by atoms with Crippen LogP contribution < -0.4 is 4.90 Å². The van der Waals surface area contributed by atoms with Crippen LogP contribution in [0.3, 0.4) is 0 Å². The number of hydrogen-bond donors (Lipinski definition) is 0. The Balaban J connectivity index is 1.01. The smallest absolute Gasteiger partial charge is 0.140 e. The van der Waals surface area contributed by atoms with E-state index in [9.17, 15) is 0 Å². The first kappa shape index (κ1) is 29.9. The van der Waals surface area contributed by atoms with Crippen molar-refractivity contribution in [2.24, 2.45) is 0 Å². The quantitative estimate of drug-likeness (QED) is 0.181. The summed E-state index contributed by atoms with van der Waals surface area (Å²) in [4.78, 5) is 2.36. The molecule has 10 aromatic rings. The zero-order valence-electron chi connectivity index (χ0n) is 29.2. The number of furan rings is 1. The Kier molecular flexibility index (Phi) is 6.17. The molecule has 1 unspecified atom stereocenters. The van der Waals surface area contributed by atoms with E-state index in [1.54, 1.807) is 0 Å². The van der Waals surface area contributed by atoms with Crippen molar-refractivity contribution in [2.45, 2.75) is 5.41 Å². The van der Waals surface area contributed by atoms with Gasteiger partial charge in [-0.15, -0.1) is 11.3 Å². The van der Waals surface area contributed by atoms with E-state index in [1.807, 2.05) is 11.3 Å². The highest BCUT2D eigenvalue weighted by Gasteiger charge is 2.54. The van der Waals surface area contributed by atoms with E-state index in [0.717, 1.165) is 28.4 Å². The summed E-state index contributed by atoms with van der Waals surface area (Å²) >= 11 is 1.86. The molecule has 0 saturated carbocycles. The molecule has 3 heteroatoms. The van der Waals surface area contributed by atoms with Gasteiger partial charge in [0.05, 0.1) is 5.41 Å². The second kappa shape index (κ2) is 11.2. The summed E-state index contributed by atoms with van der Waals surface area (Å²) in [6.07, 6.45) is 0. The molecule has 12 rings (SSSR count). The first-order valence-electron chi connectivity index (χ1n) is 18.5. The number of nitrogens with zero attached hydrogens (tertiary/aromatic N) is 1. The lowest BCUT2D eigenvalue weighted by Crippen LogP contribution is -2.25. The fraction of sp³-hybridized carbons (Fsp3) is 0.0196. The van der Waals surface area contributed by atoms with Crippen molar-refractivity contribution < 1.29 is 4.42 Å². The van der Waals surface area contributed by atoms with Gasteiger partial charge in [0, 0.05) is 53.7 Å². The fourth-order valence-corrected chi connectivity index (χ4v) is 10.6. The molecule has 0 fully saturated rings. The molecule has 0 radical (unpaired) electrons. The van der Waals surface area contributed by atoms with Gasteiger partial charge < -0.3 is 9.32 Å². The van der Waals surface area contributed by atoms with Crippen LogP contribution >= 0.6 is 11.3 Å². The molecular formula is C51H31NOS. The highest BCUT2D eigenvalue weighted by atomic mass is 32.1. The normalized spacial score (nSPS) is 15.1. The number of benzene rings is 8. The molecule has 2 aliphatic carbocycles. The summed E-state index contributed by atoms with van der Waals surface area (Å²) in [6, 6.07) is 68.8. The minimum absolute atomic E-state index is 0.476. The minimum atomic E-state index is -0.476. The van der Waals surface area contributed by atoms with Crippen LogP contribution in [0.1, 0.15) is 22.3 Å². The van der Waals surface area contributed by atoms with Crippen LogP contribution in [-0.2, 0) is 5.41 Å². The SMILES string of the molecule is c1ccc(N(c2ccc(-c3ccc4c(c3)C3(c5ccccc5-4)c4ccccc4-c4oc5ccccc5c43)cc2)c2ccc3c(c2)sc2ccccc23)cc1. The third-order valence-corrected chi connectivity index (χ3v) is 12.8. The van der Waals surface area contributed by atoms with E-state index in [0.29, 0.717) is 0 Å². The molecule has 252 valence electrons. The van der Waals surface area contributed by atoms with Crippen LogP contribution in [0.25, 0.3) is 64.7 Å². The zero-order chi connectivity index (χ0) is 35.4. The monoisotopic (exact) mass is 705 g/mol. The third-order valence-electron chi connectivity index (χ3n) is 11.7. The summed E-state index contributed by atoms with van der Waals surface area (Å²) < 4.78 is 9.32. The van der Waals surface area contributed by atoms with Gasteiger partial charge in [0.2, 0.25) is 0 Å². The predicted molar refractivity (Wildman–Crippen MR) is 226 cm³/mol. The standard InChI is InChI=1S/C51H31NOS/c1-2-12-34(13-3-1)52(36-27-29-40-39-15-7-11-21-47(39)54-48(40)31-36)35-25-22-32(23-26-35)33-24-28-38-37-14-4-8-18-43(37)51(45(38)30-33)44-19-9-5-16-41(44)50-49(51)42-17-6-10-20-46(42)53-50/h1-31H. The van der Waals surface area contributed by atoms with Crippen LogP contribution in [0.4, 0.5) is 17.1 Å². The Labute approximate surface area is 316 Å². The van der Waals surface area contributed by atoms with Gasteiger partial charge >= 0.3 is 0 Å². The molecule has 54 heavy (non-hydrogen) atoms. The second-order valence-corrected chi connectivity index (χ2v) is 15.5. The zero-order valence-corrected chi connectivity index (χ0v) is 30.0. The van der Waals surface area contributed by atoms with Crippen molar-refractivity contribution >= 4 is 59.5 Å². The van der Waals surface area contributed by atoms with Gasteiger partial charge in [-0.2, -0.15) is 0 Å². The highest BCUT2D eigenvalue weighted by Crippen LogP contribution is 2.65. The van der Waals surface area contributed by atoms with Crippen molar-refractivity contribution in [3.8, 4) is 33.6 Å². The second-order valence-electron chi connectivity index (χ2n) is 14.4. The number of fused-ring (bicyclic) bond motifs is 15. The Bertz CT molecular complexity index is 3120. The average molecular weight is 706 g/mol. The largest absolute Gasteiger partial charge is 0.456 e. The van der Waals surface area contributed by atoms with Gasteiger partial charge in [0.15, 0.2) is 0 Å². The van der Waals surface area contributed by atoms with E-state index in [-0.39, 0.29) is 0 Å². The predicted octanol–water partition coefficient (Wildman–Crippen LogP) is 14.3. The minimum Gasteiger partial charge on any atom is -0.456 e. The maximum absolute atomic E-state index is 6.71. The Morgan fingerprint density at radius 3 is 1.87 bits per heavy atom. The topological polar surface area (TPSA) is 16.4 Å². The molecule has 1 spiro atoms. The van der Waals surface area contributed by atoms with Crippen LogP contribution in [0.5, 0.6) is 0 Å². The van der Waals surface area contributed by atoms with Gasteiger partial charge in [-0.25, -0.2) is 0 Å². The van der Waals surface area contributed by atoms with Crippen LogP contribution in [0.15, 0.2) is 192 Å². The highest BCUT2D eigenvalue weighted by molar-refractivity contribution is 7.25. The lowest BCUT2D eigenvalue weighted by atomic mass is 9.70. The maximum Gasteiger partial charge on any atom is 0.140 e. The average Bonchev–Trinajstić information content (AvgIpc) is 3.96. The number of para-hydroxylation sites is 2. The molecule has 1 atom stereocenters. The number of anilines is 3. The Morgan fingerprint density at radius 2 is 1.02 bits per heavy atom. The molecule has 2 nitrogen and oxygen atoms in total. The molecule has 0 bridgehead atoms. The van der Waals surface area contributed by atoms with Gasteiger partial charge in [0.25, 0.3) is 0 Å². The molecule has 0 amide bonds. The van der Waals surface area contributed by atoms with E-state index >= 15 is 0 Å². The fourth-order valence-electron chi connectivity index (χ4n) is 9.45. The first-order chi connectivity index (χ1) is 26.8. The summed E-state index contributed by atoms with van der Waals surface area (Å²) in [5.74, 6) is 0.985. The summed E-state index contributed by atoms with van der Waals surface area (Å²) in [7, 11) is 0.